The smallest absolute Gasteiger partial charge is 0.241 e. The molecule has 0 saturated heterocycles. The molecular formula is C19H23ClN2O4S. The van der Waals surface area contributed by atoms with Crippen molar-refractivity contribution in [3.63, 3.8) is 0 Å². The third-order valence-corrected chi connectivity index (χ3v) is 4.91. The van der Waals surface area contributed by atoms with Crippen molar-refractivity contribution in [3.05, 3.63) is 59.1 Å². The van der Waals surface area contributed by atoms with E-state index >= 15 is 0 Å². The van der Waals surface area contributed by atoms with Gasteiger partial charge >= 0.3 is 0 Å². The normalized spacial score (nSPS) is 11.3. The summed E-state index contributed by atoms with van der Waals surface area (Å²) < 4.78 is 32.1. The van der Waals surface area contributed by atoms with Crippen LogP contribution in [0.15, 0.2) is 48.5 Å². The van der Waals surface area contributed by atoms with Gasteiger partial charge in [-0.2, -0.15) is 0 Å². The van der Waals surface area contributed by atoms with Gasteiger partial charge in [0.1, 0.15) is 11.5 Å². The quantitative estimate of drug-likeness (QED) is 0.664. The van der Waals surface area contributed by atoms with Crippen LogP contribution in [-0.2, 0) is 21.2 Å². The van der Waals surface area contributed by atoms with Crippen LogP contribution in [-0.4, -0.2) is 32.7 Å². The van der Waals surface area contributed by atoms with Crippen molar-refractivity contribution >= 4 is 33.2 Å². The van der Waals surface area contributed by atoms with Crippen LogP contribution >= 0.6 is 11.6 Å². The van der Waals surface area contributed by atoms with E-state index in [-0.39, 0.29) is 6.10 Å². The third-order valence-electron chi connectivity index (χ3n) is 3.47. The maximum Gasteiger partial charge on any atom is 0.241 e. The second-order valence-electron chi connectivity index (χ2n) is 6.28. The van der Waals surface area contributed by atoms with Crippen LogP contribution in [0.5, 0.6) is 5.75 Å². The molecule has 0 atom stereocenters. The molecule has 0 aromatic heterocycles. The first kappa shape index (κ1) is 21.1. The lowest BCUT2D eigenvalue weighted by molar-refractivity contribution is -0.118. The summed E-state index contributed by atoms with van der Waals surface area (Å²) in [5.74, 6) is -0.554. The Balaban J connectivity index is 1.80. The van der Waals surface area contributed by atoms with Gasteiger partial charge in [-0.25, -0.2) is 8.42 Å². The number of carbonyl (C=O) groups excluding carboxylic acids is 1. The highest BCUT2D eigenvalue weighted by Gasteiger charge is 2.16. The van der Waals surface area contributed by atoms with E-state index in [1.807, 2.05) is 26.0 Å². The molecule has 8 heteroatoms. The van der Waals surface area contributed by atoms with Gasteiger partial charge in [-0.05, 0) is 62.2 Å². The first-order chi connectivity index (χ1) is 12.7. The van der Waals surface area contributed by atoms with Gasteiger partial charge in [0.15, 0.2) is 0 Å². The van der Waals surface area contributed by atoms with E-state index in [2.05, 4.69) is 10.0 Å². The summed E-state index contributed by atoms with van der Waals surface area (Å²) in [5.41, 5.74) is 1.38. The molecule has 0 aliphatic carbocycles. The van der Waals surface area contributed by atoms with E-state index in [1.165, 1.54) is 0 Å². The van der Waals surface area contributed by atoms with E-state index in [0.29, 0.717) is 29.4 Å². The second-order valence-corrected chi connectivity index (χ2v) is 8.44. The Bertz CT molecular complexity index is 850. The summed E-state index contributed by atoms with van der Waals surface area (Å²) >= 11 is 5.82. The lowest BCUT2D eigenvalue weighted by atomic mass is 10.1. The molecule has 27 heavy (non-hydrogen) atoms. The van der Waals surface area contributed by atoms with Gasteiger partial charge in [0, 0.05) is 17.3 Å². The number of nitrogens with one attached hydrogen (secondary N) is 2. The fourth-order valence-electron chi connectivity index (χ4n) is 2.31. The van der Waals surface area contributed by atoms with Crippen LogP contribution in [0.4, 0.5) is 5.69 Å². The molecule has 0 saturated carbocycles. The van der Waals surface area contributed by atoms with Crippen LogP contribution in [0, 0.1) is 0 Å². The Morgan fingerprint density at radius 1 is 1.07 bits per heavy atom. The Labute approximate surface area is 164 Å². The summed E-state index contributed by atoms with van der Waals surface area (Å²) in [4.78, 5) is 11.9. The van der Waals surface area contributed by atoms with E-state index in [4.69, 9.17) is 16.3 Å². The van der Waals surface area contributed by atoms with Crippen LogP contribution in [0.1, 0.15) is 19.4 Å². The van der Waals surface area contributed by atoms with Crippen molar-refractivity contribution < 1.29 is 17.9 Å². The van der Waals surface area contributed by atoms with Crippen molar-refractivity contribution in [2.45, 2.75) is 26.4 Å². The molecule has 146 valence electrons. The monoisotopic (exact) mass is 410 g/mol. The maximum absolute atomic E-state index is 12.1. The number of amides is 1. The maximum atomic E-state index is 12.1. The fraction of sp³-hybridized carbons (Fsp3) is 0.316. The lowest BCUT2D eigenvalue weighted by Gasteiger charge is -2.11. The van der Waals surface area contributed by atoms with Crippen molar-refractivity contribution in [3.8, 4) is 5.75 Å². The molecule has 0 spiro atoms. The number of ether oxygens (including phenoxy) is 1. The average molecular weight is 411 g/mol. The minimum atomic E-state index is -3.79. The van der Waals surface area contributed by atoms with Crippen molar-refractivity contribution in [1.29, 1.82) is 0 Å². The van der Waals surface area contributed by atoms with Crippen LogP contribution < -0.4 is 14.8 Å². The molecule has 2 N–H and O–H groups in total. The molecule has 6 nitrogen and oxygen atoms in total. The Morgan fingerprint density at radius 3 is 2.30 bits per heavy atom. The van der Waals surface area contributed by atoms with Gasteiger partial charge in [-0.3, -0.25) is 9.52 Å². The zero-order chi connectivity index (χ0) is 19.9. The molecule has 0 radical (unpaired) electrons. The van der Waals surface area contributed by atoms with Crippen molar-refractivity contribution in [1.82, 2.24) is 5.32 Å². The predicted octanol–water partition coefficient (Wildman–Crippen LogP) is 3.23. The lowest BCUT2D eigenvalue weighted by Crippen LogP contribution is -2.34. The zero-order valence-electron chi connectivity index (χ0n) is 15.2. The summed E-state index contributed by atoms with van der Waals surface area (Å²) in [5, 5.41) is 3.25. The van der Waals surface area contributed by atoms with Crippen LogP contribution in [0.25, 0.3) is 0 Å². The zero-order valence-corrected chi connectivity index (χ0v) is 16.8. The summed E-state index contributed by atoms with van der Waals surface area (Å²) in [6.45, 7) is 4.15. The number of benzene rings is 2. The van der Waals surface area contributed by atoms with E-state index < -0.39 is 21.7 Å². The molecule has 2 rings (SSSR count). The van der Waals surface area contributed by atoms with Gasteiger partial charge in [0.25, 0.3) is 0 Å². The molecule has 0 bridgehead atoms. The van der Waals surface area contributed by atoms with E-state index in [0.717, 1.165) is 5.56 Å². The summed E-state index contributed by atoms with van der Waals surface area (Å²) in [7, 11) is -3.79. The minimum Gasteiger partial charge on any atom is -0.491 e. The molecule has 0 heterocycles. The molecule has 0 fully saturated rings. The van der Waals surface area contributed by atoms with E-state index in [9.17, 15) is 13.2 Å². The van der Waals surface area contributed by atoms with Gasteiger partial charge in [0.2, 0.25) is 15.9 Å². The SMILES string of the molecule is CC(C)Oc1ccc(NS(=O)(=O)CC(=O)NCCc2ccc(Cl)cc2)cc1. The average Bonchev–Trinajstić information content (AvgIpc) is 2.57. The molecule has 1 amide bonds. The number of hydrogen-bond donors (Lipinski definition) is 2. The third kappa shape index (κ3) is 7.88. The van der Waals surface area contributed by atoms with Crippen LogP contribution in [0.2, 0.25) is 5.02 Å². The van der Waals surface area contributed by atoms with Crippen molar-refractivity contribution in [2.75, 3.05) is 17.0 Å². The van der Waals surface area contributed by atoms with Gasteiger partial charge in [0.05, 0.1) is 6.10 Å². The molecule has 0 unspecified atom stereocenters. The number of anilines is 1. The Kier molecular flexibility index (Phi) is 7.50. The highest BCUT2D eigenvalue weighted by atomic mass is 35.5. The molecule has 2 aromatic rings. The molecule has 0 aliphatic rings. The Morgan fingerprint density at radius 2 is 1.70 bits per heavy atom. The fourth-order valence-corrected chi connectivity index (χ4v) is 3.45. The van der Waals surface area contributed by atoms with Gasteiger partial charge in [-0.15, -0.1) is 0 Å². The first-order valence-electron chi connectivity index (χ1n) is 8.52. The highest BCUT2D eigenvalue weighted by molar-refractivity contribution is 7.93. The number of rotatable bonds is 9. The number of carbonyl (C=O) groups is 1. The number of hydrogen-bond acceptors (Lipinski definition) is 4. The molecule has 2 aromatic carbocycles. The van der Waals surface area contributed by atoms with Crippen LogP contribution in [0.3, 0.4) is 0 Å². The first-order valence-corrected chi connectivity index (χ1v) is 10.5. The molecular weight excluding hydrogens is 388 g/mol. The Hall–Kier alpha value is -2.25. The standard InChI is InChI=1S/C19H23ClN2O4S/c1-14(2)26-18-9-7-17(8-10-18)22-27(24,25)13-19(23)21-12-11-15-3-5-16(20)6-4-15/h3-10,14,22H,11-13H2,1-2H3,(H,21,23). The topological polar surface area (TPSA) is 84.5 Å². The van der Waals surface area contributed by atoms with E-state index in [1.54, 1.807) is 36.4 Å². The van der Waals surface area contributed by atoms with Gasteiger partial charge < -0.3 is 10.1 Å². The largest absolute Gasteiger partial charge is 0.491 e. The van der Waals surface area contributed by atoms with Gasteiger partial charge in [-0.1, -0.05) is 23.7 Å². The molecule has 0 aliphatic heterocycles. The number of sulfonamides is 1. The summed E-state index contributed by atoms with van der Waals surface area (Å²) in [6.07, 6.45) is 0.623. The second kappa shape index (κ2) is 9.62. The summed E-state index contributed by atoms with van der Waals surface area (Å²) in [6, 6.07) is 13.8. The highest BCUT2D eigenvalue weighted by Crippen LogP contribution is 2.18. The van der Waals surface area contributed by atoms with Crippen molar-refractivity contribution in [2.24, 2.45) is 0 Å². The minimum absolute atomic E-state index is 0.0316. The predicted molar refractivity (Wildman–Crippen MR) is 108 cm³/mol. The number of halogens is 1.